The van der Waals surface area contributed by atoms with Crippen molar-refractivity contribution in [3.8, 4) is 11.5 Å². The van der Waals surface area contributed by atoms with Crippen LogP contribution >= 0.6 is 24.0 Å². The molecular weight excluding hydrogens is 530 g/mol. The van der Waals surface area contributed by atoms with E-state index in [1.807, 2.05) is 81.4 Å². The molecule has 0 aliphatic carbocycles. The van der Waals surface area contributed by atoms with E-state index in [0.717, 1.165) is 22.9 Å². The van der Waals surface area contributed by atoms with Gasteiger partial charge < -0.3 is 14.2 Å². The van der Waals surface area contributed by atoms with E-state index >= 15 is 0 Å². The van der Waals surface area contributed by atoms with Gasteiger partial charge in [0, 0.05) is 0 Å². The molecule has 1 atom stereocenters. The third-order valence-corrected chi connectivity index (χ3v) is 7.28. The zero-order valence-corrected chi connectivity index (χ0v) is 23.8. The van der Waals surface area contributed by atoms with Gasteiger partial charge in [-0.2, -0.15) is 0 Å². The molecule has 8 heteroatoms. The van der Waals surface area contributed by atoms with Crippen LogP contribution in [0.15, 0.2) is 77.7 Å². The molecule has 0 saturated carbocycles. The minimum absolute atomic E-state index is 0.269. The molecule has 0 spiro atoms. The summed E-state index contributed by atoms with van der Waals surface area (Å²) in [6.45, 7) is 7.01. The van der Waals surface area contributed by atoms with Crippen molar-refractivity contribution in [2.45, 2.75) is 39.8 Å². The minimum atomic E-state index is -0.951. The summed E-state index contributed by atoms with van der Waals surface area (Å²) in [5, 5.41) is 0. The van der Waals surface area contributed by atoms with Crippen LogP contribution in [-0.2, 0) is 20.9 Å². The Bertz CT molecular complexity index is 1360. The number of carbonyl (C=O) groups is 2. The Morgan fingerprint density at radius 3 is 2.44 bits per heavy atom. The number of rotatable bonds is 11. The fourth-order valence-corrected chi connectivity index (χ4v) is 5.32. The number of hydrogen-bond acceptors (Lipinski definition) is 7. The van der Waals surface area contributed by atoms with Gasteiger partial charge in [0.1, 0.15) is 10.9 Å². The maximum absolute atomic E-state index is 13.6. The maximum Gasteiger partial charge on any atom is 0.333 e. The van der Waals surface area contributed by atoms with E-state index in [-0.39, 0.29) is 12.5 Å². The highest BCUT2D eigenvalue weighted by Gasteiger charge is 2.42. The van der Waals surface area contributed by atoms with E-state index in [2.05, 4.69) is 0 Å². The van der Waals surface area contributed by atoms with Crippen LogP contribution in [0, 0.1) is 6.92 Å². The van der Waals surface area contributed by atoms with Crippen molar-refractivity contribution in [1.29, 1.82) is 0 Å². The molecule has 6 nitrogen and oxygen atoms in total. The Kier molecular flexibility index (Phi) is 9.79. The topological polar surface area (TPSA) is 65.1 Å². The van der Waals surface area contributed by atoms with Crippen LogP contribution in [0.3, 0.4) is 0 Å². The molecule has 1 unspecified atom stereocenters. The average Bonchev–Trinajstić information content (AvgIpc) is 3.21. The normalized spacial score (nSPS) is 14.9. The van der Waals surface area contributed by atoms with Gasteiger partial charge in [0.2, 0.25) is 0 Å². The van der Waals surface area contributed by atoms with Crippen molar-refractivity contribution in [3.05, 3.63) is 100.0 Å². The van der Waals surface area contributed by atoms with E-state index in [9.17, 15) is 9.59 Å². The Hall–Kier alpha value is -3.62. The number of ether oxygens (including phenoxy) is 3. The van der Waals surface area contributed by atoms with Gasteiger partial charge in [0.05, 0.1) is 18.1 Å². The van der Waals surface area contributed by atoms with Gasteiger partial charge in [-0.05, 0) is 55.2 Å². The van der Waals surface area contributed by atoms with Gasteiger partial charge in [-0.15, -0.1) is 0 Å². The first-order valence-corrected chi connectivity index (χ1v) is 14.1. The van der Waals surface area contributed by atoms with Crippen molar-refractivity contribution < 1.29 is 23.8 Å². The summed E-state index contributed by atoms with van der Waals surface area (Å²) in [6.07, 6.45) is 2.43. The highest BCUT2D eigenvalue weighted by atomic mass is 32.2. The highest BCUT2D eigenvalue weighted by molar-refractivity contribution is 8.26. The fourth-order valence-electron chi connectivity index (χ4n) is 4.01. The van der Waals surface area contributed by atoms with Gasteiger partial charge in [0.15, 0.2) is 17.5 Å². The zero-order chi connectivity index (χ0) is 27.8. The molecule has 1 fully saturated rings. The lowest BCUT2D eigenvalue weighted by atomic mass is 10.1. The standard InChI is InChI=1S/C31H31NO5S2/c1-4-17-36-30(34)28(24-9-7-6-8-10-24)32-29(33)27(39-31(32)38)19-23-15-16-25(26(18-23)35-5-2)37-20-22-13-11-21(3)12-14-22/h6-16,18-19,28H,4-5,17,20H2,1-3H3/b27-19-. The van der Waals surface area contributed by atoms with Crippen LogP contribution in [0.4, 0.5) is 0 Å². The number of hydrogen-bond donors (Lipinski definition) is 0. The number of thioether (sulfide) groups is 1. The molecule has 1 aliphatic heterocycles. The van der Waals surface area contributed by atoms with E-state index in [0.29, 0.717) is 45.9 Å². The molecule has 1 aliphatic rings. The van der Waals surface area contributed by atoms with Crippen LogP contribution in [0.25, 0.3) is 6.08 Å². The van der Waals surface area contributed by atoms with Crippen LogP contribution in [0.2, 0.25) is 0 Å². The third-order valence-electron chi connectivity index (χ3n) is 5.95. The molecule has 1 saturated heterocycles. The Balaban J connectivity index is 1.57. The van der Waals surface area contributed by atoms with Gasteiger partial charge in [0.25, 0.3) is 5.91 Å². The van der Waals surface area contributed by atoms with Crippen molar-refractivity contribution in [2.75, 3.05) is 13.2 Å². The second-order valence-corrected chi connectivity index (χ2v) is 10.6. The molecule has 0 radical (unpaired) electrons. The molecule has 3 aromatic carbocycles. The maximum atomic E-state index is 13.6. The van der Waals surface area contributed by atoms with Crippen LogP contribution in [0.5, 0.6) is 11.5 Å². The molecule has 1 amide bonds. The molecule has 0 bridgehead atoms. The summed E-state index contributed by atoms with van der Waals surface area (Å²) in [5.41, 5.74) is 3.65. The second-order valence-electron chi connectivity index (χ2n) is 8.95. The number of esters is 1. The van der Waals surface area contributed by atoms with Gasteiger partial charge in [-0.25, -0.2) is 4.79 Å². The number of benzene rings is 3. The summed E-state index contributed by atoms with van der Waals surface area (Å²) >= 11 is 6.73. The number of thiocarbonyl (C=S) groups is 1. The second kappa shape index (κ2) is 13.4. The smallest absolute Gasteiger partial charge is 0.333 e. The first kappa shape index (κ1) is 28.4. The monoisotopic (exact) mass is 561 g/mol. The fraction of sp³-hybridized carbons (Fsp3) is 0.258. The first-order valence-electron chi connectivity index (χ1n) is 12.8. The zero-order valence-electron chi connectivity index (χ0n) is 22.2. The van der Waals surface area contributed by atoms with E-state index < -0.39 is 12.0 Å². The van der Waals surface area contributed by atoms with Crippen molar-refractivity contribution in [1.82, 2.24) is 4.90 Å². The Labute approximate surface area is 238 Å². The molecule has 0 N–H and O–H groups in total. The Morgan fingerprint density at radius 1 is 1.00 bits per heavy atom. The molecule has 39 heavy (non-hydrogen) atoms. The summed E-state index contributed by atoms with van der Waals surface area (Å²) in [7, 11) is 0. The van der Waals surface area contributed by atoms with E-state index in [1.165, 1.54) is 10.5 Å². The molecule has 3 aromatic rings. The number of carbonyl (C=O) groups excluding carboxylic acids is 2. The largest absolute Gasteiger partial charge is 0.490 e. The SMILES string of the molecule is CCCOC(=O)C(c1ccccc1)N1C(=O)/C(=C/c2ccc(OCc3ccc(C)cc3)c(OCC)c2)SC1=S. The highest BCUT2D eigenvalue weighted by Crippen LogP contribution is 2.39. The molecule has 4 rings (SSSR count). The number of aryl methyl sites for hydroxylation is 1. The first-order chi connectivity index (χ1) is 18.9. The van der Waals surface area contributed by atoms with Gasteiger partial charge in [-0.3, -0.25) is 9.69 Å². The number of amides is 1. The summed E-state index contributed by atoms with van der Waals surface area (Å²) in [6, 6.07) is 21.8. The number of nitrogens with zero attached hydrogens (tertiary/aromatic N) is 1. The third kappa shape index (κ3) is 7.07. The Morgan fingerprint density at radius 2 is 1.74 bits per heavy atom. The van der Waals surface area contributed by atoms with E-state index in [4.69, 9.17) is 26.4 Å². The molecule has 1 heterocycles. The minimum Gasteiger partial charge on any atom is -0.490 e. The lowest BCUT2D eigenvalue weighted by Gasteiger charge is -2.25. The lowest BCUT2D eigenvalue weighted by Crippen LogP contribution is -2.38. The summed E-state index contributed by atoms with van der Waals surface area (Å²) < 4.78 is 17.6. The van der Waals surface area contributed by atoms with E-state index in [1.54, 1.807) is 18.2 Å². The van der Waals surface area contributed by atoms with Crippen LogP contribution in [0.1, 0.15) is 48.6 Å². The van der Waals surface area contributed by atoms with Crippen LogP contribution in [-0.4, -0.2) is 34.3 Å². The predicted octanol–water partition coefficient (Wildman–Crippen LogP) is 6.87. The average molecular weight is 562 g/mol. The van der Waals surface area contributed by atoms with Gasteiger partial charge in [-0.1, -0.05) is 97.1 Å². The van der Waals surface area contributed by atoms with Crippen LogP contribution < -0.4 is 9.47 Å². The quantitative estimate of drug-likeness (QED) is 0.144. The van der Waals surface area contributed by atoms with Gasteiger partial charge >= 0.3 is 5.97 Å². The molecular formula is C31H31NO5S2. The molecule has 202 valence electrons. The summed E-state index contributed by atoms with van der Waals surface area (Å²) in [4.78, 5) is 28.4. The van der Waals surface area contributed by atoms with Crippen molar-refractivity contribution >= 4 is 46.3 Å². The molecule has 0 aromatic heterocycles. The predicted molar refractivity (Wildman–Crippen MR) is 159 cm³/mol. The summed E-state index contributed by atoms with van der Waals surface area (Å²) in [5.74, 6) is 0.350. The van der Waals surface area contributed by atoms with Crippen molar-refractivity contribution in [2.24, 2.45) is 0 Å². The van der Waals surface area contributed by atoms with Crippen molar-refractivity contribution in [3.63, 3.8) is 0 Å². The lowest BCUT2D eigenvalue weighted by molar-refractivity contribution is -0.151.